The van der Waals surface area contributed by atoms with E-state index in [4.69, 9.17) is 0 Å². The second-order valence-electron chi connectivity index (χ2n) is 6.79. The SMILES string of the molecule is CC1CCNC2(CCCC2)CN1CCc1cnn(C)c1. The molecule has 1 aromatic rings. The van der Waals surface area contributed by atoms with E-state index < -0.39 is 0 Å². The van der Waals surface area contributed by atoms with Crippen molar-refractivity contribution in [3.05, 3.63) is 18.0 Å². The number of aromatic nitrogens is 2. The second kappa shape index (κ2) is 5.86. The highest BCUT2D eigenvalue weighted by molar-refractivity contribution is 5.05. The summed E-state index contributed by atoms with van der Waals surface area (Å²) in [7, 11) is 2.00. The minimum atomic E-state index is 0.416. The standard InChI is InChI=1S/C16H28N4/c1-14-5-9-17-16(7-3-4-8-16)13-20(14)10-6-15-11-18-19(2)12-15/h11-12,14,17H,3-10,13H2,1-2H3. The van der Waals surface area contributed by atoms with Crippen molar-refractivity contribution in [2.45, 2.75) is 57.0 Å². The third-order valence-corrected chi connectivity index (χ3v) is 5.20. The van der Waals surface area contributed by atoms with Crippen molar-refractivity contribution in [3.63, 3.8) is 0 Å². The van der Waals surface area contributed by atoms with Gasteiger partial charge in [-0.3, -0.25) is 9.58 Å². The first-order valence-corrected chi connectivity index (χ1v) is 8.13. The first-order chi connectivity index (χ1) is 9.67. The normalized spacial score (nSPS) is 27.0. The van der Waals surface area contributed by atoms with Gasteiger partial charge in [0, 0.05) is 37.9 Å². The molecule has 4 nitrogen and oxygen atoms in total. The minimum absolute atomic E-state index is 0.416. The summed E-state index contributed by atoms with van der Waals surface area (Å²) in [5, 5.41) is 8.14. The summed E-state index contributed by atoms with van der Waals surface area (Å²) in [6.07, 6.45) is 12.1. The Morgan fingerprint density at radius 2 is 2.20 bits per heavy atom. The maximum absolute atomic E-state index is 4.27. The largest absolute Gasteiger partial charge is 0.310 e. The summed E-state index contributed by atoms with van der Waals surface area (Å²) in [5.74, 6) is 0. The third kappa shape index (κ3) is 3.07. The van der Waals surface area contributed by atoms with E-state index in [0.29, 0.717) is 11.6 Å². The summed E-state index contributed by atoms with van der Waals surface area (Å²) >= 11 is 0. The Hall–Kier alpha value is -0.870. The van der Waals surface area contributed by atoms with Crippen LogP contribution in [0.3, 0.4) is 0 Å². The summed E-state index contributed by atoms with van der Waals surface area (Å²) in [6, 6.07) is 0.694. The molecule has 20 heavy (non-hydrogen) atoms. The van der Waals surface area contributed by atoms with E-state index in [9.17, 15) is 0 Å². The fourth-order valence-corrected chi connectivity index (χ4v) is 3.89. The molecule has 1 saturated carbocycles. The molecule has 1 atom stereocenters. The highest BCUT2D eigenvalue weighted by atomic mass is 15.2. The van der Waals surface area contributed by atoms with Gasteiger partial charge >= 0.3 is 0 Å². The van der Waals surface area contributed by atoms with E-state index in [1.54, 1.807) is 0 Å². The van der Waals surface area contributed by atoms with E-state index >= 15 is 0 Å². The molecule has 0 bridgehead atoms. The van der Waals surface area contributed by atoms with Crippen molar-refractivity contribution in [1.82, 2.24) is 20.0 Å². The molecular formula is C16H28N4. The molecule has 4 heteroatoms. The van der Waals surface area contributed by atoms with Crippen LogP contribution in [0, 0.1) is 0 Å². The summed E-state index contributed by atoms with van der Waals surface area (Å²) < 4.78 is 1.90. The van der Waals surface area contributed by atoms with Gasteiger partial charge in [-0.25, -0.2) is 0 Å². The molecule has 1 aromatic heterocycles. The molecule has 2 aliphatic rings. The first kappa shape index (κ1) is 14.1. The third-order valence-electron chi connectivity index (χ3n) is 5.20. The van der Waals surface area contributed by atoms with Gasteiger partial charge in [-0.1, -0.05) is 12.8 Å². The highest BCUT2D eigenvalue weighted by Crippen LogP contribution is 2.32. The van der Waals surface area contributed by atoms with Crippen molar-refractivity contribution in [2.24, 2.45) is 7.05 Å². The summed E-state index contributed by atoms with van der Waals surface area (Å²) in [5.41, 5.74) is 1.78. The number of rotatable bonds is 3. The van der Waals surface area contributed by atoms with Crippen LogP contribution in [0.1, 0.15) is 44.6 Å². The highest BCUT2D eigenvalue weighted by Gasteiger charge is 2.37. The van der Waals surface area contributed by atoms with Gasteiger partial charge in [0.15, 0.2) is 0 Å². The minimum Gasteiger partial charge on any atom is -0.310 e. The van der Waals surface area contributed by atoms with Crippen molar-refractivity contribution in [3.8, 4) is 0 Å². The van der Waals surface area contributed by atoms with Gasteiger partial charge < -0.3 is 5.32 Å². The number of nitrogens with zero attached hydrogens (tertiary/aromatic N) is 3. The monoisotopic (exact) mass is 276 g/mol. The van der Waals surface area contributed by atoms with E-state index in [1.807, 2.05) is 17.9 Å². The molecular weight excluding hydrogens is 248 g/mol. The van der Waals surface area contributed by atoms with Crippen LogP contribution in [0.4, 0.5) is 0 Å². The zero-order chi connectivity index (χ0) is 14.0. The quantitative estimate of drug-likeness (QED) is 0.916. The predicted octanol–water partition coefficient (Wildman–Crippen LogP) is 1.96. The summed E-state index contributed by atoms with van der Waals surface area (Å²) in [4.78, 5) is 2.71. The molecule has 1 spiro atoms. The zero-order valence-corrected chi connectivity index (χ0v) is 12.9. The molecule has 1 N–H and O–H groups in total. The van der Waals surface area contributed by atoms with Crippen LogP contribution in [0.15, 0.2) is 12.4 Å². The lowest BCUT2D eigenvalue weighted by Crippen LogP contribution is -2.50. The van der Waals surface area contributed by atoms with Crippen LogP contribution in [0.2, 0.25) is 0 Å². The molecule has 1 aliphatic heterocycles. The van der Waals surface area contributed by atoms with Crippen molar-refractivity contribution < 1.29 is 0 Å². The van der Waals surface area contributed by atoms with Crippen LogP contribution in [0.5, 0.6) is 0 Å². The van der Waals surface area contributed by atoms with Crippen molar-refractivity contribution in [1.29, 1.82) is 0 Å². The van der Waals surface area contributed by atoms with Crippen LogP contribution in [-0.2, 0) is 13.5 Å². The lowest BCUT2D eigenvalue weighted by molar-refractivity contribution is 0.170. The molecule has 1 saturated heterocycles. The Labute approximate surface area is 122 Å². The topological polar surface area (TPSA) is 33.1 Å². The van der Waals surface area contributed by atoms with Crippen molar-refractivity contribution >= 4 is 0 Å². The lowest BCUT2D eigenvalue weighted by Gasteiger charge is -2.35. The molecule has 2 heterocycles. The second-order valence-corrected chi connectivity index (χ2v) is 6.79. The van der Waals surface area contributed by atoms with E-state index in [0.717, 1.165) is 13.0 Å². The van der Waals surface area contributed by atoms with Crippen molar-refractivity contribution in [2.75, 3.05) is 19.6 Å². The summed E-state index contributed by atoms with van der Waals surface area (Å²) in [6.45, 7) is 5.97. The average Bonchev–Trinajstić information content (AvgIpc) is 3.00. The van der Waals surface area contributed by atoms with Crippen LogP contribution in [-0.4, -0.2) is 45.9 Å². The van der Waals surface area contributed by atoms with Gasteiger partial charge in [-0.2, -0.15) is 5.10 Å². The Morgan fingerprint density at radius 1 is 1.40 bits per heavy atom. The molecule has 2 fully saturated rings. The maximum Gasteiger partial charge on any atom is 0.0522 e. The fraction of sp³-hybridized carbons (Fsp3) is 0.812. The average molecular weight is 276 g/mol. The lowest BCUT2D eigenvalue weighted by atomic mass is 9.97. The van der Waals surface area contributed by atoms with Crippen LogP contribution >= 0.6 is 0 Å². The molecule has 112 valence electrons. The molecule has 0 radical (unpaired) electrons. The number of nitrogens with one attached hydrogen (secondary N) is 1. The number of hydrogen-bond donors (Lipinski definition) is 1. The van der Waals surface area contributed by atoms with E-state index in [2.05, 4.69) is 28.4 Å². The molecule has 1 unspecified atom stereocenters. The van der Waals surface area contributed by atoms with E-state index in [1.165, 1.54) is 50.8 Å². The molecule has 3 rings (SSSR count). The van der Waals surface area contributed by atoms with Crippen LogP contribution in [0.25, 0.3) is 0 Å². The van der Waals surface area contributed by atoms with E-state index in [-0.39, 0.29) is 0 Å². The fourth-order valence-electron chi connectivity index (χ4n) is 3.89. The Bertz CT molecular complexity index is 433. The molecule has 0 amide bonds. The van der Waals surface area contributed by atoms with Gasteiger partial charge in [0.25, 0.3) is 0 Å². The molecule has 1 aliphatic carbocycles. The Morgan fingerprint density at radius 3 is 2.90 bits per heavy atom. The van der Waals surface area contributed by atoms with Gasteiger partial charge in [0.1, 0.15) is 0 Å². The number of aryl methyl sites for hydroxylation is 1. The zero-order valence-electron chi connectivity index (χ0n) is 12.9. The first-order valence-electron chi connectivity index (χ1n) is 8.13. The van der Waals surface area contributed by atoms with Crippen LogP contribution < -0.4 is 5.32 Å². The smallest absolute Gasteiger partial charge is 0.0522 e. The maximum atomic E-state index is 4.27. The van der Waals surface area contributed by atoms with Gasteiger partial charge in [-0.15, -0.1) is 0 Å². The predicted molar refractivity (Wildman–Crippen MR) is 81.8 cm³/mol. The van der Waals surface area contributed by atoms with Gasteiger partial charge in [0.2, 0.25) is 0 Å². The molecule has 0 aromatic carbocycles. The number of hydrogen-bond acceptors (Lipinski definition) is 3. The Kier molecular flexibility index (Phi) is 4.13. The Balaban J connectivity index is 1.63. The van der Waals surface area contributed by atoms with Gasteiger partial charge in [-0.05, 0) is 44.7 Å². The van der Waals surface area contributed by atoms with Gasteiger partial charge in [0.05, 0.1) is 6.20 Å².